The summed E-state index contributed by atoms with van der Waals surface area (Å²) in [5, 5.41) is 4.07. The zero-order valence-electron chi connectivity index (χ0n) is 11.2. The summed E-state index contributed by atoms with van der Waals surface area (Å²) in [6.07, 6.45) is 1.70. The van der Waals surface area contributed by atoms with E-state index in [1.54, 1.807) is 0 Å². The molecule has 0 unspecified atom stereocenters. The van der Waals surface area contributed by atoms with Crippen LogP contribution in [-0.2, 0) is 10.2 Å². The number of hydrogen-bond acceptors (Lipinski definition) is 6. The van der Waals surface area contributed by atoms with Crippen LogP contribution in [0.3, 0.4) is 0 Å². The number of rotatable bonds is 5. The molecule has 1 fully saturated rings. The fourth-order valence-electron chi connectivity index (χ4n) is 2.33. The Morgan fingerprint density at radius 2 is 1.94 bits per heavy atom. The summed E-state index contributed by atoms with van der Waals surface area (Å²) in [6, 6.07) is 0. The van der Waals surface area contributed by atoms with E-state index in [1.807, 2.05) is 0 Å². The zero-order valence-corrected chi connectivity index (χ0v) is 11.2. The molecule has 0 spiro atoms. The maximum atomic E-state index is 5.92. The van der Waals surface area contributed by atoms with Gasteiger partial charge in [-0.1, -0.05) is 0 Å². The number of hydrogen-bond donors (Lipinski definition) is 1. The third-order valence-corrected chi connectivity index (χ3v) is 3.76. The first-order valence-electron chi connectivity index (χ1n) is 6.62. The highest BCUT2D eigenvalue weighted by atomic mass is 16.5. The van der Waals surface area contributed by atoms with Crippen LogP contribution in [0.5, 0.6) is 0 Å². The van der Waals surface area contributed by atoms with Crippen molar-refractivity contribution in [2.45, 2.75) is 32.1 Å². The van der Waals surface area contributed by atoms with Crippen LogP contribution in [0.15, 0.2) is 4.52 Å². The van der Waals surface area contributed by atoms with E-state index in [2.05, 4.69) is 28.9 Å². The van der Waals surface area contributed by atoms with Gasteiger partial charge < -0.3 is 19.9 Å². The van der Waals surface area contributed by atoms with Crippen molar-refractivity contribution in [1.29, 1.82) is 0 Å². The topological polar surface area (TPSA) is 77.4 Å². The summed E-state index contributed by atoms with van der Waals surface area (Å²) in [5.74, 6) is 1.32. The predicted molar refractivity (Wildman–Crippen MR) is 68.6 cm³/mol. The maximum absolute atomic E-state index is 5.92. The van der Waals surface area contributed by atoms with E-state index in [0.717, 1.165) is 25.9 Å². The minimum absolute atomic E-state index is 0.198. The first kappa shape index (κ1) is 13.3. The Labute approximate surface area is 107 Å². The molecule has 6 nitrogen and oxygen atoms in total. The second-order valence-corrected chi connectivity index (χ2v) is 4.67. The highest BCUT2D eigenvalue weighted by molar-refractivity contribution is 5.28. The molecule has 0 amide bonds. The molecule has 0 aliphatic carbocycles. The third-order valence-electron chi connectivity index (χ3n) is 3.76. The van der Waals surface area contributed by atoms with Gasteiger partial charge in [-0.15, -0.1) is 0 Å². The maximum Gasteiger partial charge on any atom is 0.266 e. The molecule has 2 N–H and O–H groups in total. The van der Waals surface area contributed by atoms with E-state index < -0.39 is 0 Å². The van der Waals surface area contributed by atoms with E-state index in [9.17, 15) is 0 Å². The summed E-state index contributed by atoms with van der Waals surface area (Å²) in [4.78, 5) is 6.60. The highest BCUT2D eigenvalue weighted by Crippen LogP contribution is 2.33. The van der Waals surface area contributed by atoms with Gasteiger partial charge in [0.1, 0.15) is 0 Å². The van der Waals surface area contributed by atoms with Crippen molar-refractivity contribution in [3.63, 3.8) is 0 Å². The highest BCUT2D eigenvalue weighted by Gasteiger charge is 2.38. The van der Waals surface area contributed by atoms with E-state index in [-0.39, 0.29) is 5.41 Å². The predicted octanol–water partition coefficient (Wildman–Crippen LogP) is 0.923. The smallest absolute Gasteiger partial charge is 0.266 e. The fraction of sp³-hybridized carbons (Fsp3) is 0.833. The van der Waals surface area contributed by atoms with Crippen LogP contribution in [0.2, 0.25) is 0 Å². The summed E-state index contributed by atoms with van der Waals surface area (Å²) < 4.78 is 10.8. The normalized spacial score (nSPS) is 18.8. The Kier molecular flexibility index (Phi) is 4.19. The number of anilines is 1. The fourth-order valence-corrected chi connectivity index (χ4v) is 2.33. The van der Waals surface area contributed by atoms with Crippen LogP contribution in [0.4, 0.5) is 5.95 Å². The van der Waals surface area contributed by atoms with Gasteiger partial charge in [0.05, 0.1) is 5.41 Å². The van der Waals surface area contributed by atoms with Gasteiger partial charge in [-0.2, -0.15) is 4.98 Å². The summed E-state index contributed by atoms with van der Waals surface area (Å²) >= 11 is 0. The molecule has 18 heavy (non-hydrogen) atoms. The Balaban J connectivity index is 2.21. The Hall–Kier alpha value is -1.14. The van der Waals surface area contributed by atoms with Gasteiger partial charge in [-0.25, -0.2) is 0 Å². The van der Waals surface area contributed by atoms with Crippen molar-refractivity contribution in [2.24, 2.45) is 5.73 Å². The number of ether oxygens (including phenoxy) is 1. The molecule has 1 aliphatic rings. The van der Waals surface area contributed by atoms with Crippen LogP contribution >= 0.6 is 0 Å². The molecular weight excluding hydrogens is 232 g/mol. The molecule has 6 heteroatoms. The van der Waals surface area contributed by atoms with Gasteiger partial charge in [-0.3, -0.25) is 0 Å². The van der Waals surface area contributed by atoms with Crippen LogP contribution < -0.4 is 10.6 Å². The molecule has 102 valence electrons. The van der Waals surface area contributed by atoms with Gasteiger partial charge in [0.2, 0.25) is 5.89 Å². The standard InChI is InChI=1S/C12H22N4O2/c1-3-16(4-2)11-14-10(18-15-11)12(9-13)5-7-17-8-6-12/h3-9,13H2,1-2H3. The third kappa shape index (κ3) is 2.35. The monoisotopic (exact) mass is 254 g/mol. The Bertz CT molecular complexity index is 370. The molecule has 0 saturated carbocycles. The molecular formula is C12H22N4O2. The molecule has 0 atom stereocenters. The Morgan fingerprint density at radius 3 is 2.50 bits per heavy atom. The average Bonchev–Trinajstić information content (AvgIpc) is 2.91. The largest absolute Gasteiger partial charge is 0.381 e. The van der Waals surface area contributed by atoms with Gasteiger partial charge >= 0.3 is 0 Å². The van der Waals surface area contributed by atoms with E-state index in [4.69, 9.17) is 15.0 Å². The van der Waals surface area contributed by atoms with Crippen LogP contribution in [0, 0.1) is 0 Å². The second-order valence-electron chi connectivity index (χ2n) is 4.67. The first-order chi connectivity index (χ1) is 8.75. The molecule has 0 bridgehead atoms. The molecule has 1 aliphatic heterocycles. The van der Waals surface area contributed by atoms with Gasteiger partial charge in [0.15, 0.2) is 0 Å². The number of nitrogens with zero attached hydrogens (tertiary/aromatic N) is 3. The van der Waals surface area contributed by atoms with Gasteiger partial charge in [0, 0.05) is 32.8 Å². The SMILES string of the molecule is CCN(CC)c1noc(C2(CN)CCOCC2)n1. The van der Waals surface area contributed by atoms with E-state index in [1.165, 1.54) is 0 Å². The summed E-state index contributed by atoms with van der Waals surface area (Å²) in [7, 11) is 0. The van der Waals surface area contributed by atoms with Crippen LogP contribution in [0.25, 0.3) is 0 Å². The number of nitrogens with two attached hydrogens (primary N) is 1. The molecule has 0 aromatic carbocycles. The van der Waals surface area contributed by atoms with Gasteiger partial charge in [-0.05, 0) is 31.8 Å². The summed E-state index contributed by atoms with van der Waals surface area (Å²) in [5.41, 5.74) is 5.73. The van der Waals surface area contributed by atoms with Gasteiger partial charge in [0.25, 0.3) is 5.95 Å². The minimum atomic E-state index is -0.198. The lowest BCUT2D eigenvalue weighted by molar-refractivity contribution is 0.0409. The Morgan fingerprint density at radius 1 is 1.28 bits per heavy atom. The lowest BCUT2D eigenvalue weighted by Crippen LogP contribution is -2.41. The van der Waals surface area contributed by atoms with Crippen molar-refractivity contribution in [3.8, 4) is 0 Å². The zero-order chi connectivity index (χ0) is 13.0. The number of aromatic nitrogens is 2. The minimum Gasteiger partial charge on any atom is -0.381 e. The van der Waals surface area contributed by atoms with Crippen molar-refractivity contribution in [1.82, 2.24) is 10.1 Å². The lowest BCUT2D eigenvalue weighted by Gasteiger charge is -2.32. The summed E-state index contributed by atoms with van der Waals surface area (Å²) in [6.45, 7) is 7.83. The quantitative estimate of drug-likeness (QED) is 0.842. The second kappa shape index (κ2) is 5.67. The molecule has 2 rings (SSSR count). The molecule has 1 aromatic rings. The molecule has 0 radical (unpaired) electrons. The van der Waals surface area contributed by atoms with Crippen LogP contribution in [-0.4, -0.2) is 43.0 Å². The van der Waals surface area contributed by atoms with E-state index in [0.29, 0.717) is 31.6 Å². The van der Waals surface area contributed by atoms with Crippen molar-refractivity contribution in [2.75, 3.05) is 37.7 Å². The van der Waals surface area contributed by atoms with Crippen molar-refractivity contribution >= 4 is 5.95 Å². The van der Waals surface area contributed by atoms with E-state index >= 15 is 0 Å². The van der Waals surface area contributed by atoms with Crippen molar-refractivity contribution in [3.05, 3.63) is 5.89 Å². The average molecular weight is 254 g/mol. The first-order valence-corrected chi connectivity index (χ1v) is 6.62. The van der Waals surface area contributed by atoms with Crippen molar-refractivity contribution < 1.29 is 9.26 Å². The molecule has 2 heterocycles. The molecule has 1 saturated heterocycles. The molecule has 1 aromatic heterocycles. The van der Waals surface area contributed by atoms with Crippen LogP contribution in [0.1, 0.15) is 32.6 Å². The lowest BCUT2D eigenvalue weighted by atomic mass is 9.80.